The van der Waals surface area contributed by atoms with E-state index in [0.717, 1.165) is 24.3 Å². The van der Waals surface area contributed by atoms with Crippen LogP contribution >= 0.6 is 0 Å². The molecule has 0 amide bonds. The van der Waals surface area contributed by atoms with Gasteiger partial charge in [0.2, 0.25) is 5.95 Å². The van der Waals surface area contributed by atoms with E-state index >= 15 is 0 Å². The lowest BCUT2D eigenvalue weighted by Gasteiger charge is -2.36. The highest BCUT2D eigenvalue weighted by Gasteiger charge is 2.32. The molecular formula is C24H31FN8O2. The molecule has 1 aliphatic heterocycles. The molecule has 186 valence electrons. The van der Waals surface area contributed by atoms with Gasteiger partial charge >= 0.3 is 0 Å². The largest absolute Gasteiger partial charge is 0.494 e. The van der Waals surface area contributed by atoms with E-state index in [1.165, 1.54) is 23.8 Å². The number of piperidine rings is 1. The van der Waals surface area contributed by atoms with Crippen molar-refractivity contribution in [2.45, 2.75) is 45.6 Å². The molecule has 4 aromatic rings. The van der Waals surface area contributed by atoms with Crippen molar-refractivity contribution < 1.29 is 14.2 Å². The third kappa shape index (κ3) is 3.93. The Kier molecular flexibility index (Phi) is 5.54. The summed E-state index contributed by atoms with van der Waals surface area (Å²) in [5, 5.41) is 19.6. The molecule has 5 rings (SSSR count). The van der Waals surface area contributed by atoms with Crippen LogP contribution in [0.5, 0.6) is 5.75 Å². The molecule has 1 saturated heterocycles. The first-order valence-electron chi connectivity index (χ1n) is 11.7. The zero-order valence-corrected chi connectivity index (χ0v) is 20.7. The summed E-state index contributed by atoms with van der Waals surface area (Å²) in [7, 11) is 1.47. The minimum Gasteiger partial charge on any atom is -0.494 e. The second-order valence-electron chi connectivity index (χ2n) is 10.1. The molecule has 1 fully saturated rings. The second kappa shape index (κ2) is 8.33. The van der Waals surface area contributed by atoms with Crippen molar-refractivity contribution in [3.8, 4) is 5.75 Å². The maximum Gasteiger partial charge on any atom is 0.223 e. The number of aryl methyl sites for hydroxylation is 1. The first kappa shape index (κ1) is 23.3. The summed E-state index contributed by atoms with van der Waals surface area (Å²) in [5.41, 5.74) is 8.56. The monoisotopic (exact) mass is 482 g/mol. The number of aromatic nitrogens is 6. The van der Waals surface area contributed by atoms with Gasteiger partial charge in [-0.15, -0.1) is 5.10 Å². The molecule has 3 aromatic heterocycles. The highest BCUT2D eigenvalue weighted by Crippen LogP contribution is 2.35. The van der Waals surface area contributed by atoms with Gasteiger partial charge in [-0.3, -0.25) is 4.68 Å². The lowest BCUT2D eigenvalue weighted by Crippen LogP contribution is -2.39. The zero-order chi connectivity index (χ0) is 25.1. The Morgan fingerprint density at radius 1 is 1.23 bits per heavy atom. The lowest BCUT2D eigenvalue weighted by atomic mass is 9.89. The maximum absolute atomic E-state index is 14.3. The van der Waals surface area contributed by atoms with E-state index in [-0.39, 0.29) is 18.5 Å². The van der Waals surface area contributed by atoms with Crippen LogP contribution in [0, 0.1) is 18.7 Å². The number of aliphatic hydroxyl groups excluding tert-OH is 1. The summed E-state index contributed by atoms with van der Waals surface area (Å²) < 4.78 is 22.9. The number of benzene rings is 1. The van der Waals surface area contributed by atoms with Gasteiger partial charge in [0.15, 0.2) is 11.5 Å². The number of hydrogen-bond donors (Lipinski definition) is 2. The highest BCUT2D eigenvalue weighted by molar-refractivity contribution is 5.95. The van der Waals surface area contributed by atoms with E-state index in [1.54, 1.807) is 0 Å². The summed E-state index contributed by atoms with van der Waals surface area (Å²) in [4.78, 5) is 11.5. The Morgan fingerprint density at radius 3 is 2.71 bits per heavy atom. The van der Waals surface area contributed by atoms with E-state index in [2.05, 4.69) is 27.0 Å². The summed E-state index contributed by atoms with van der Waals surface area (Å²) in [6, 6.07) is 2.67. The Labute approximate surface area is 202 Å². The number of hydrogen-bond acceptors (Lipinski definition) is 8. The molecule has 0 bridgehead atoms. The molecule has 4 heterocycles. The molecule has 1 aliphatic rings. The Hall–Kier alpha value is -3.47. The Morgan fingerprint density at radius 2 is 2.00 bits per heavy atom. The molecule has 0 spiro atoms. The smallest absolute Gasteiger partial charge is 0.223 e. The molecule has 0 aliphatic carbocycles. The summed E-state index contributed by atoms with van der Waals surface area (Å²) >= 11 is 0. The molecule has 2 atom stereocenters. The van der Waals surface area contributed by atoms with Gasteiger partial charge in [-0.1, -0.05) is 6.92 Å². The molecule has 0 radical (unpaired) electrons. The average molecular weight is 483 g/mol. The predicted octanol–water partition coefficient (Wildman–Crippen LogP) is 2.87. The van der Waals surface area contributed by atoms with Crippen LogP contribution in [0.15, 0.2) is 18.3 Å². The van der Waals surface area contributed by atoms with Crippen molar-refractivity contribution in [1.29, 1.82) is 0 Å². The molecule has 35 heavy (non-hydrogen) atoms. The van der Waals surface area contributed by atoms with Crippen LogP contribution in [0.1, 0.15) is 44.6 Å². The van der Waals surface area contributed by atoms with Gasteiger partial charge in [-0.05, 0) is 39.2 Å². The number of nitrogens with two attached hydrogens (primary N) is 1. The van der Waals surface area contributed by atoms with Crippen molar-refractivity contribution in [2.24, 2.45) is 5.92 Å². The van der Waals surface area contributed by atoms with E-state index < -0.39 is 11.4 Å². The SMILES string of the molecule is COc1cc(F)cc2c1nc(N)n1nc([C@H]3C[C@@H](C)CN(c4cn(C(C)(C)CO)nc4C)C3)nc21. The molecule has 11 heteroatoms. The fourth-order valence-corrected chi connectivity index (χ4v) is 4.89. The second-order valence-corrected chi connectivity index (χ2v) is 10.1. The van der Waals surface area contributed by atoms with Crippen LogP contribution in [0.3, 0.4) is 0 Å². The van der Waals surface area contributed by atoms with Crippen molar-refractivity contribution in [3.63, 3.8) is 0 Å². The van der Waals surface area contributed by atoms with Gasteiger partial charge in [0.25, 0.3) is 0 Å². The Balaban J connectivity index is 1.54. The van der Waals surface area contributed by atoms with E-state index in [1.807, 2.05) is 31.6 Å². The molecule has 3 N–H and O–H groups in total. The van der Waals surface area contributed by atoms with Crippen LogP contribution < -0.4 is 15.4 Å². The van der Waals surface area contributed by atoms with Crippen molar-refractivity contribution in [1.82, 2.24) is 29.4 Å². The summed E-state index contributed by atoms with van der Waals surface area (Å²) in [5.74, 6) is 1.10. The number of ether oxygens (including phenoxy) is 1. The van der Waals surface area contributed by atoms with Crippen LogP contribution in [0.4, 0.5) is 16.0 Å². The van der Waals surface area contributed by atoms with Gasteiger partial charge in [0.1, 0.15) is 17.1 Å². The minimum atomic E-state index is -0.491. The number of fused-ring (bicyclic) bond motifs is 3. The number of halogens is 1. The molecular weight excluding hydrogens is 451 g/mol. The molecule has 10 nitrogen and oxygen atoms in total. The van der Waals surface area contributed by atoms with Crippen LogP contribution in [0.25, 0.3) is 16.6 Å². The third-order valence-corrected chi connectivity index (χ3v) is 6.81. The minimum absolute atomic E-state index is 0.00739. The first-order chi connectivity index (χ1) is 16.6. The van der Waals surface area contributed by atoms with Crippen molar-refractivity contribution in [2.75, 3.05) is 37.4 Å². The average Bonchev–Trinajstić information content (AvgIpc) is 3.44. The summed E-state index contributed by atoms with van der Waals surface area (Å²) in [6.45, 7) is 9.67. The molecule has 1 aromatic carbocycles. The number of rotatable bonds is 5. The van der Waals surface area contributed by atoms with Gasteiger partial charge in [-0.2, -0.15) is 9.61 Å². The predicted molar refractivity (Wildman–Crippen MR) is 131 cm³/mol. The highest BCUT2D eigenvalue weighted by atomic mass is 19.1. The zero-order valence-electron chi connectivity index (χ0n) is 20.7. The maximum atomic E-state index is 14.3. The quantitative estimate of drug-likeness (QED) is 0.446. The van der Waals surface area contributed by atoms with Gasteiger partial charge < -0.3 is 20.5 Å². The normalized spacial score (nSPS) is 19.1. The first-order valence-corrected chi connectivity index (χ1v) is 11.7. The number of nitrogen functional groups attached to an aromatic ring is 1. The number of anilines is 2. The lowest BCUT2D eigenvalue weighted by molar-refractivity contribution is 0.152. The Bertz CT molecular complexity index is 1410. The fourth-order valence-electron chi connectivity index (χ4n) is 4.89. The molecule has 0 unspecified atom stereocenters. The number of aliphatic hydroxyl groups is 1. The van der Waals surface area contributed by atoms with E-state index in [0.29, 0.717) is 40.6 Å². The summed E-state index contributed by atoms with van der Waals surface area (Å²) in [6.07, 6.45) is 2.91. The van der Waals surface area contributed by atoms with Gasteiger partial charge in [-0.25, -0.2) is 14.4 Å². The number of methoxy groups -OCH3 is 1. The van der Waals surface area contributed by atoms with Crippen LogP contribution in [-0.4, -0.2) is 61.3 Å². The number of nitrogens with zero attached hydrogens (tertiary/aromatic N) is 7. The fraction of sp³-hybridized carbons (Fsp3) is 0.500. The van der Waals surface area contributed by atoms with Crippen molar-refractivity contribution in [3.05, 3.63) is 35.7 Å². The van der Waals surface area contributed by atoms with Crippen LogP contribution in [-0.2, 0) is 5.54 Å². The molecule has 0 saturated carbocycles. The topological polar surface area (TPSA) is 120 Å². The van der Waals surface area contributed by atoms with E-state index in [9.17, 15) is 9.50 Å². The standard InChI is InChI=1S/C24H31FN8O2/c1-13-6-15(10-31(9-13)18-11-32(29-14(18)2)24(3,4)12-34)21-28-22-17-7-16(25)8-19(35-5)20(17)27-23(26)33(22)30-21/h7-8,11,13,15,34H,6,9-10,12H2,1-5H3,(H2,26,27)/t13-,15+/m1/s1. The van der Waals surface area contributed by atoms with Crippen molar-refractivity contribution >= 4 is 28.2 Å². The van der Waals surface area contributed by atoms with E-state index in [4.69, 9.17) is 15.5 Å². The third-order valence-electron chi connectivity index (χ3n) is 6.81. The van der Waals surface area contributed by atoms with Gasteiger partial charge in [0.05, 0.1) is 36.0 Å². The van der Waals surface area contributed by atoms with Gasteiger partial charge in [0, 0.05) is 31.3 Å². The van der Waals surface area contributed by atoms with Crippen LogP contribution in [0.2, 0.25) is 0 Å².